The van der Waals surface area contributed by atoms with Gasteiger partial charge in [0, 0.05) is 51.7 Å². The number of carbonyl (C=O) groups excluding carboxylic acids is 1. The Balaban J connectivity index is 1.61. The lowest BCUT2D eigenvalue weighted by Crippen LogP contribution is -2.23. The summed E-state index contributed by atoms with van der Waals surface area (Å²) in [6, 6.07) is 19.3. The fraction of sp³-hybridized carbons (Fsp3) is 0.143. The van der Waals surface area contributed by atoms with E-state index in [9.17, 15) is 4.79 Å². The minimum absolute atomic E-state index is 0.209. The van der Waals surface area contributed by atoms with Crippen molar-refractivity contribution in [2.24, 2.45) is 5.73 Å². The van der Waals surface area contributed by atoms with E-state index >= 15 is 0 Å². The van der Waals surface area contributed by atoms with Crippen molar-refractivity contribution in [3.05, 3.63) is 88.0 Å². The van der Waals surface area contributed by atoms with Gasteiger partial charge in [-0.25, -0.2) is 4.98 Å². The highest BCUT2D eigenvalue weighted by molar-refractivity contribution is 9.10. The number of methoxy groups -OCH3 is 2. The van der Waals surface area contributed by atoms with Crippen LogP contribution in [0.15, 0.2) is 71.3 Å². The molecule has 0 aliphatic rings. The smallest absolute Gasteiger partial charge is 0.252 e. The van der Waals surface area contributed by atoms with Crippen molar-refractivity contribution in [1.82, 2.24) is 15.3 Å². The number of rotatable bonds is 7. The fourth-order valence-electron chi connectivity index (χ4n) is 4.25. The lowest BCUT2D eigenvalue weighted by atomic mass is 10.0. The quantitative estimate of drug-likeness (QED) is 0.249. The molecule has 2 aromatic heterocycles. The maximum Gasteiger partial charge on any atom is 0.252 e. The van der Waals surface area contributed by atoms with Crippen LogP contribution in [0.5, 0.6) is 11.5 Å². The minimum Gasteiger partial charge on any atom is -0.493 e. The number of nitrogens with one attached hydrogen (secondary N) is 2. The number of hydrogen-bond donors (Lipinski definition) is 3. The molecule has 0 aliphatic heterocycles. The maximum absolute atomic E-state index is 13.5. The van der Waals surface area contributed by atoms with Gasteiger partial charge in [-0.05, 0) is 41.5 Å². The van der Waals surface area contributed by atoms with Crippen LogP contribution in [0.4, 0.5) is 0 Å². The monoisotopic (exact) mass is 544 g/mol. The molecule has 7 nitrogen and oxygen atoms in total. The van der Waals surface area contributed by atoms with Crippen molar-refractivity contribution in [2.45, 2.75) is 13.1 Å². The van der Waals surface area contributed by atoms with Crippen LogP contribution in [-0.2, 0) is 13.1 Å². The number of benzene rings is 3. The molecule has 2 heterocycles. The molecule has 0 fully saturated rings. The Kier molecular flexibility index (Phi) is 6.63. The van der Waals surface area contributed by atoms with E-state index in [0.717, 1.165) is 32.1 Å². The van der Waals surface area contributed by atoms with Crippen LogP contribution in [0.1, 0.15) is 21.5 Å². The van der Waals surface area contributed by atoms with Gasteiger partial charge in [0.25, 0.3) is 5.91 Å². The molecule has 0 atom stereocenters. The number of nitrogens with zero attached hydrogens (tertiary/aromatic N) is 1. The first kappa shape index (κ1) is 23.8. The van der Waals surface area contributed by atoms with Crippen molar-refractivity contribution in [2.75, 3.05) is 14.2 Å². The van der Waals surface area contributed by atoms with Crippen LogP contribution in [0, 0.1) is 0 Å². The van der Waals surface area contributed by atoms with E-state index in [1.54, 1.807) is 26.4 Å². The molecular formula is C28H25BrN4O3. The van der Waals surface area contributed by atoms with Gasteiger partial charge in [-0.15, -0.1) is 0 Å². The first-order valence-corrected chi connectivity index (χ1v) is 12.2. The summed E-state index contributed by atoms with van der Waals surface area (Å²) in [6.45, 7) is 0.865. The summed E-state index contributed by atoms with van der Waals surface area (Å²) in [5.41, 5.74) is 11.4. The maximum atomic E-state index is 13.5. The summed E-state index contributed by atoms with van der Waals surface area (Å²) >= 11 is 3.55. The molecular weight excluding hydrogens is 520 g/mol. The molecule has 0 unspecified atom stereocenters. The molecule has 0 saturated heterocycles. The van der Waals surface area contributed by atoms with Crippen LogP contribution in [-0.4, -0.2) is 30.1 Å². The molecule has 0 radical (unpaired) electrons. The number of aromatic nitrogens is 2. The molecule has 36 heavy (non-hydrogen) atoms. The van der Waals surface area contributed by atoms with Gasteiger partial charge >= 0.3 is 0 Å². The Morgan fingerprint density at radius 1 is 0.972 bits per heavy atom. The van der Waals surface area contributed by atoms with Gasteiger partial charge in [-0.3, -0.25) is 4.79 Å². The third kappa shape index (κ3) is 4.53. The molecule has 5 rings (SSSR count). The fourth-order valence-corrected chi connectivity index (χ4v) is 4.62. The number of carbonyl (C=O) groups is 1. The van der Waals surface area contributed by atoms with Gasteiger partial charge in [0.05, 0.1) is 31.0 Å². The predicted octanol–water partition coefficient (Wildman–Crippen LogP) is 5.55. The van der Waals surface area contributed by atoms with Gasteiger partial charge in [-0.1, -0.05) is 40.2 Å². The molecule has 0 aliphatic carbocycles. The summed E-state index contributed by atoms with van der Waals surface area (Å²) in [5.74, 6) is 0.865. The second-order valence-electron chi connectivity index (χ2n) is 8.37. The van der Waals surface area contributed by atoms with E-state index in [2.05, 4.69) is 26.2 Å². The highest BCUT2D eigenvalue weighted by Gasteiger charge is 2.19. The van der Waals surface area contributed by atoms with E-state index in [1.165, 1.54) is 0 Å². The summed E-state index contributed by atoms with van der Waals surface area (Å²) in [6.07, 6.45) is 1.91. The second-order valence-corrected chi connectivity index (χ2v) is 9.29. The van der Waals surface area contributed by atoms with E-state index < -0.39 is 0 Å². The molecule has 0 spiro atoms. The zero-order chi connectivity index (χ0) is 25.2. The van der Waals surface area contributed by atoms with Gasteiger partial charge in [0.1, 0.15) is 0 Å². The second kappa shape index (κ2) is 10.0. The van der Waals surface area contributed by atoms with E-state index in [-0.39, 0.29) is 5.91 Å². The Hall–Kier alpha value is -3.88. The molecule has 8 heteroatoms. The van der Waals surface area contributed by atoms with Crippen molar-refractivity contribution in [3.8, 4) is 22.8 Å². The number of amides is 1. The SMILES string of the molecule is COc1cc2nc(-c3c[nH]c4ccc(Br)cc34)cc(C(=O)NCc3ccc(CN)cc3)c2cc1OC. The number of H-pyrrole nitrogens is 1. The van der Waals surface area contributed by atoms with E-state index in [1.807, 2.05) is 54.7 Å². The Morgan fingerprint density at radius 3 is 2.42 bits per heavy atom. The molecule has 3 aromatic carbocycles. The standard InChI is InChI=1S/C28H25BrN4O3/c1-35-26-11-20-21(28(34)32-14-17-5-3-16(13-30)4-6-17)10-24(33-25(20)12-27(26)36-2)22-15-31-23-8-7-18(29)9-19(22)23/h3-12,15,31H,13-14,30H2,1-2H3,(H,32,34). The van der Waals surface area contributed by atoms with Crippen molar-refractivity contribution < 1.29 is 14.3 Å². The van der Waals surface area contributed by atoms with Crippen molar-refractivity contribution in [3.63, 3.8) is 0 Å². The molecule has 182 valence electrons. The number of ether oxygens (including phenoxy) is 2. The topological polar surface area (TPSA) is 102 Å². The molecule has 4 N–H and O–H groups in total. The molecule has 1 amide bonds. The van der Waals surface area contributed by atoms with E-state index in [4.69, 9.17) is 20.2 Å². The van der Waals surface area contributed by atoms with Crippen molar-refractivity contribution >= 4 is 43.6 Å². The van der Waals surface area contributed by atoms with E-state index in [0.29, 0.717) is 46.7 Å². The lowest BCUT2D eigenvalue weighted by Gasteiger charge is -2.14. The highest BCUT2D eigenvalue weighted by atomic mass is 79.9. The summed E-state index contributed by atoms with van der Waals surface area (Å²) in [4.78, 5) is 21.7. The van der Waals surface area contributed by atoms with Crippen molar-refractivity contribution in [1.29, 1.82) is 0 Å². The number of halogens is 1. The number of aromatic amines is 1. The Labute approximate surface area is 216 Å². The highest BCUT2D eigenvalue weighted by Crippen LogP contribution is 2.36. The zero-order valence-corrected chi connectivity index (χ0v) is 21.5. The summed E-state index contributed by atoms with van der Waals surface area (Å²) in [5, 5.41) is 4.72. The van der Waals surface area contributed by atoms with Crippen LogP contribution >= 0.6 is 15.9 Å². The minimum atomic E-state index is -0.209. The molecule has 0 saturated carbocycles. The number of hydrogen-bond acceptors (Lipinski definition) is 5. The molecule has 0 bridgehead atoms. The van der Waals surface area contributed by atoms with Crippen LogP contribution < -0.4 is 20.5 Å². The van der Waals surface area contributed by atoms with Gasteiger partial charge in [0.15, 0.2) is 11.5 Å². The van der Waals surface area contributed by atoms with Gasteiger partial charge < -0.3 is 25.5 Å². The normalized spacial score (nSPS) is 11.1. The van der Waals surface area contributed by atoms with Crippen LogP contribution in [0.2, 0.25) is 0 Å². The average Bonchev–Trinajstić information content (AvgIpc) is 3.33. The largest absolute Gasteiger partial charge is 0.493 e. The van der Waals surface area contributed by atoms with Crippen LogP contribution in [0.25, 0.3) is 33.1 Å². The average molecular weight is 545 g/mol. The first-order chi connectivity index (χ1) is 17.5. The Morgan fingerprint density at radius 2 is 1.69 bits per heavy atom. The lowest BCUT2D eigenvalue weighted by molar-refractivity contribution is 0.0952. The number of fused-ring (bicyclic) bond motifs is 2. The molecule has 5 aromatic rings. The summed E-state index contributed by atoms with van der Waals surface area (Å²) in [7, 11) is 3.15. The zero-order valence-electron chi connectivity index (χ0n) is 19.9. The van der Waals surface area contributed by atoms with Gasteiger partial charge in [0.2, 0.25) is 0 Å². The third-order valence-electron chi connectivity index (χ3n) is 6.19. The van der Waals surface area contributed by atoms with Gasteiger partial charge in [-0.2, -0.15) is 0 Å². The van der Waals surface area contributed by atoms with Crippen LogP contribution in [0.3, 0.4) is 0 Å². The first-order valence-electron chi connectivity index (χ1n) is 11.4. The Bertz CT molecular complexity index is 1580. The third-order valence-corrected chi connectivity index (χ3v) is 6.68. The predicted molar refractivity (Wildman–Crippen MR) is 145 cm³/mol. The summed E-state index contributed by atoms with van der Waals surface area (Å²) < 4.78 is 12.0. The number of nitrogens with two attached hydrogens (primary N) is 1. The number of pyridine rings is 1.